The van der Waals surface area contributed by atoms with E-state index in [1.165, 1.54) is 4.90 Å². The lowest BCUT2D eigenvalue weighted by atomic mass is 10.3. The van der Waals surface area contributed by atoms with E-state index in [2.05, 4.69) is 5.16 Å². The number of carbonyl (C=O) groups is 1. The molecule has 0 atom stereocenters. The topological polar surface area (TPSA) is 113 Å². The van der Waals surface area contributed by atoms with Crippen molar-refractivity contribution in [3.63, 3.8) is 0 Å². The monoisotopic (exact) mass is 263 g/mol. The van der Waals surface area contributed by atoms with Crippen LogP contribution in [0, 0.1) is 0 Å². The summed E-state index contributed by atoms with van der Waals surface area (Å²) in [4.78, 5) is 13.2. The van der Waals surface area contributed by atoms with Crippen molar-refractivity contribution < 1.29 is 18.4 Å². The highest BCUT2D eigenvalue weighted by Gasteiger charge is 2.33. The van der Waals surface area contributed by atoms with Gasteiger partial charge < -0.3 is 15.8 Å². The second kappa shape index (κ2) is 5.35. The third kappa shape index (κ3) is 5.03. The SMILES string of the molecule is CS(=O)(=O)CC(=O)N(CCC(N)=NO)C1CC1. The largest absolute Gasteiger partial charge is 0.409 e. The molecule has 8 heteroatoms. The van der Waals surface area contributed by atoms with E-state index in [1.807, 2.05) is 0 Å². The normalized spacial score (nSPS) is 16.9. The first kappa shape index (κ1) is 13.8. The molecule has 1 aliphatic carbocycles. The Morgan fingerprint density at radius 1 is 1.53 bits per heavy atom. The molecule has 3 N–H and O–H groups in total. The molecule has 0 saturated heterocycles. The molecule has 0 aliphatic heterocycles. The lowest BCUT2D eigenvalue weighted by molar-refractivity contribution is -0.128. The molecule has 7 nitrogen and oxygen atoms in total. The summed E-state index contributed by atoms with van der Waals surface area (Å²) < 4.78 is 22.1. The first-order chi connectivity index (χ1) is 7.83. The van der Waals surface area contributed by atoms with E-state index in [4.69, 9.17) is 10.9 Å². The van der Waals surface area contributed by atoms with Crippen LogP contribution >= 0.6 is 0 Å². The Labute approximate surface area is 100 Å². The maximum absolute atomic E-state index is 11.7. The van der Waals surface area contributed by atoms with E-state index >= 15 is 0 Å². The van der Waals surface area contributed by atoms with Gasteiger partial charge in [0.15, 0.2) is 9.84 Å². The number of amidine groups is 1. The van der Waals surface area contributed by atoms with Crippen molar-refractivity contribution in [3.8, 4) is 0 Å². The zero-order valence-corrected chi connectivity index (χ0v) is 10.5. The molecule has 0 heterocycles. The molecule has 1 aliphatic rings. The van der Waals surface area contributed by atoms with Crippen LogP contribution in [0.4, 0.5) is 0 Å². The van der Waals surface area contributed by atoms with Crippen molar-refractivity contribution in [3.05, 3.63) is 0 Å². The Morgan fingerprint density at radius 3 is 2.53 bits per heavy atom. The Bertz CT molecular complexity index is 414. The molecular weight excluding hydrogens is 246 g/mol. The van der Waals surface area contributed by atoms with Crippen LogP contribution in [-0.4, -0.2) is 54.9 Å². The van der Waals surface area contributed by atoms with Gasteiger partial charge in [0.05, 0.1) is 0 Å². The van der Waals surface area contributed by atoms with Crippen molar-refractivity contribution in [2.45, 2.75) is 25.3 Å². The fraction of sp³-hybridized carbons (Fsp3) is 0.778. The summed E-state index contributed by atoms with van der Waals surface area (Å²) in [5, 5.41) is 11.2. The Morgan fingerprint density at radius 2 is 2.12 bits per heavy atom. The van der Waals surface area contributed by atoms with E-state index in [-0.39, 0.29) is 24.8 Å². The van der Waals surface area contributed by atoms with E-state index < -0.39 is 21.5 Å². The summed E-state index contributed by atoms with van der Waals surface area (Å²) in [6.45, 7) is 0.287. The number of amides is 1. The number of oxime groups is 1. The summed E-state index contributed by atoms with van der Waals surface area (Å²) in [5.74, 6) is -0.872. The zero-order chi connectivity index (χ0) is 13.1. The molecule has 0 radical (unpaired) electrons. The lowest BCUT2D eigenvalue weighted by Crippen LogP contribution is -2.39. The highest BCUT2D eigenvalue weighted by molar-refractivity contribution is 7.91. The molecule has 0 aromatic rings. The molecule has 0 unspecified atom stereocenters. The number of hydrogen-bond donors (Lipinski definition) is 2. The van der Waals surface area contributed by atoms with Gasteiger partial charge in [0.2, 0.25) is 5.91 Å². The summed E-state index contributed by atoms with van der Waals surface area (Å²) in [6.07, 6.45) is 3.03. The third-order valence-corrected chi connectivity index (χ3v) is 3.20. The minimum atomic E-state index is -3.32. The number of rotatable bonds is 6. The van der Waals surface area contributed by atoms with Crippen LogP contribution in [0.3, 0.4) is 0 Å². The summed E-state index contributed by atoms with van der Waals surface area (Å²) in [7, 11) is -3.32. The highest BCUT2D eigenvalue weighted by atomic mass is 32.2. The first-order valence-electron chi connectivity index (χ1n) is 5.27. The Balaban J connectivity index is 2.57. The maximum atomic E-state index is 11.7. The molecular formula is C9H17N3O4S. The standard InChI is InChI=1S/C9H17N3O4S/c1-17(15,16)6-9(13)12(7-2-3-7)5-4-8(10)11-14/h7,14H,2-6H2,1H3,(H2,10,11). The minimum absolute atomic E-state index is 0.0304. The van der Waals surface area contributed by atoms with Gasteiger partial charge in [-0.2, -0.15) is 0 Å². The summed E-state index contributed by atoms with van der Waals surface area (Å²) in [6, 6.07) is 0.107. The van der Waals surface area contributed by atoms with Crippen LogP contribution < -0.4 is 5.73 Å². The number of carbonyl (C=O) groups excluding carboxylic acids is 1. The maximum Gasteiger partial charge on any atom is 0.238 e. The Kier molecular flexibility index (Phi) is 4.33. The lowest BCUT2D eigenvalue weighted by Gasteiger charge is -2.21. The van der Waals surface area contributed by atoms with Crippen molar-refractivity contribution in [2.24, 2.45) is 10.9 Å². The average molecular weight is 263 g/mol. The van der Waals surface area contributed by atoms with Gasteiger partial charge >= 0.3 is 0 Å². The number of sulfone groups is 1. The van der Waals surface area contributed by atoms with E-state index in [9.17, 15) is 13.2 Å². The second-order valence-electron chi connectivity index (χ2n) is 4.23. The van der Waals surface area contributed by atoms with Crippen LogP contribution in [0.2, 0.25) is 0 Å². The van der Waals surface area contributed by atoms with E-state index in [0.29, 0.717) is 0 Å². The van der Waals surface area contributed by atoms with Gasteiger partial charge in [-0.25, -0.2) is 8.42 Å². The van der Waals surface area contributed by atoms with Crippen molar-refractivity contribution in [1.29, 1.82) is 0 Å². The average Bonchev–Trinajstić information content (AvgIpc) is 2.99. The number of hydrogen-bond acceptors (Lipinski definition) is 5. The van der Waals surface area contributed by atoms with Crippen molar-refractivity contribution in [1.82, 2.24) is 4.90 Å². The van der Waals surface area contributed by atoms with Gasteiger partial charge in [-0.15, -0.1) is 0 Å². The predicted octanol–water partition coefficient (Wildman–Crippen LogP) is -0.841. The van der Waals surface area contributed by atoms with Crippen LogP contribution in [0.5, 0.6) is 0 Å². The number of nitrogens with zero attached hydrogens (tertiary/aromatic N) is 2. The molecule has 17 heavy (non-hydrogen) atoms. The van der Waals surface area contributed by atoms with Crippen LogP contribution in [0.1, 0.15) is 19.3 Å². The highest BCUT2D eigenvalue weighted by Crippen LogP contribution is 2.27. The van der Waals surface area contributed by atoms with Gasteiger partial charge in [-0.1, -0.05) is 5.16 Å². The molecule has 0 spiro atoms. The van der Waals surface area contributed by atoms with Gasteiger partial charge in [0.25, 0.3) is 0 Å². The molecule has 1 fully saturated rings. The number of nitrogens with two attached hydrogens (primary N) is 1. The molecule has 98 valence electrons. The molecule has 0 bridgehead atoms. The first-order valence-corrected chi connectivity index (χ1v) is 7.33. The molecule has 1 amide bonds. The molecule has 1 saturated carbocycles. The molecule has 0 aromatic heterocycles. The van der Waals surface area contributed by atoms with Crippen LogP contribution in [0.15, 0.2) is 5.16 Å². The van der Waals surface area contributed by atoms with Crippen LogP contribution in [0.25, 0.3) is 0 Å². The smallest absolute Gasteiger partial charge is 0.238 e. The molecule has 1 rings (SSSR count). The minimum Gasteiger partial charge on any atom is -0.409 e. The molecule has 0 aromatic carbocycles. The predicted molar refractivity (Wildman–Crippen MR) is 62.5 cm³/mol. The van der Waals surface area contributed by atoms with Gasteiger partial charge in [0.1, 0.15) is 11.6 Å². The Hall–Kier alpha value is -1.31. The fourth-order valence-electron chi connectivity index (χ4n) is 1.49. The second-order valence-corrected chi connectivity index (χ2v) is 6.37. The quantitative estimate of drug-likeness (QED) is 0.281. The summed E-state index contributed by atoms with van der Waals surface area (Å²) in [5.41, 5.74) is 5.31. The van der Waals surface area contributed by atoms with E-state index in [0.717, 1.165) is 19.1 Å². The third-order valence-electron chi connectivity index (χ3n) is 2.43. The van der Waals surface area contributed by atoms with Gasteiger partial charge in [-0.3, -0.25) is 4.79 Å². The zero-order valence-electron chi connectivity index (χ0n) is 9.66. The fourth-order valence-corrected chi connectivity index (χ4v) is 2.10. The van der Waals surface area contributed by atoms with Gasteiger partial charge in [0, 0.05) is 25.3 Å². The van der Waals surface area contributed by atoms with Crippen molar-refractivity contribution >= 4 is 21.6 Å². The van der Waals surface area contributed by atoms with Crippen LogP contribution in [-0.2, 0) is 14.6 Å². The van der Waals surface area contributed by atoms with Gasteiger partial charge in [-0.05, 0) is 12.8 Å². The summed E-state index contributed by atoms with van der Waals surface area (Å²) >= 11 is 0. The van der Waals surface area contributed by atoms with E-state index in [1.54, 1.807) is 0 Å². The van der Waals surface area contributed by atoms with Crippen molar-refractivity contribution in [2.75, 3.05) is 18.6 Å².